The first kappa shape index (κ1) is 15.5. The Hall–Kier alpha value is -0.840. The van der Waals surface area contributed by atoms with E-state index in [9.17, 15) is 4.39 Å². The highest BCUT2D eigenvalue weighted by molar-refractivity contribution is 9.10. The third-order valence-electron chi connectivity index (χ3n) is 3.07. The maximum atomic E-state index is 13.2. The van der Waals surface area contributed by atoms with Crippen LogP contribution in [-0.4, -0.2) is 18.8 Å². The first-order chi connectivity index (χ1) is 9.69. The summed E-state index contributed by atoms with van der Waals surface area (Å²) in [6, 6.07) is 15.9. The molecule has 1 nitrogen and oxygen atoms in total. The first-order valence-corrected chi connectivity index (χ1v) is 8.26. The van der Waals surface area contributed by atoms with Crippen molar-refractivity contribution in [1.82, 2.24) is 5.32 Å². The largest absolute Gasteiger partial charge is 0.316 e. The van der Waals surface area contributed by atoms with Gasteiger partial charge in [0.05, 0.1) is 4.47 Å². The van der Waals surface area contributed by atoms with Gasteiger partial charge in [-0.2, -0.15) is 0 Å². The van der Waals surface area contributed by atoms with Crippen LogP contribution in [-0.2, 0) is 6.42 Å². The molecule has 0 heterocycles. The number of hydrogen-bond donors (Lipinski definition) is 1. The molecule has 2 rings (SSSR count). The zero-order chi connectivity index (χ0) is 14.4. The van der Waals surface area contributed by atoms with Gasteiger partial charge in [-0.25, -0.2) is 4.39 Å². The predicted molar refractivity (Wildman–Crippen MR) is 87.8 cm³/mol. The number of halogens is 2. The Kier molecular flexibility index (Phi) is 6.07. The maximum absolute atomic E-state index is 13.2. The molecule has 20 heavy (non-hydrogen) atoms. The highest BCUT2D eigenvalue weighted by atomic mass is 79.9. The Morgan fingerprint density at radius 1 is 1.20 bits per heavy atom. The molecule has 0 aliphatic heterocycles. The van der Waals surface area contributed by atoms with E-state index in [2.05, 4.69) is 33.4 Å². The molecule has 106 valence electrons. The Morgan fingerprint density at radius 3 is 2.60 bits per heavy atom. The van der Waals surface area contributed by atoms with E-state index in [1.54, 1.807) is 0 Å². The first-order valence-electron chi connectivity index (χ1n) is 6.48. The molecule has 2 aromatic carbocycles. The van der Waals surface area contributed by atoms with Crippen LogP contribution in [0, 0.1) is 5.82 Å². The van der Waals surface area contributed by atoms with Gasteiger partial charge in [0.1, 0.15) is 5.82 Å². The van der Waals surface area contributed by atoms with Crippen LogP contribution in [0.3, 0.4) is 0 Å². The lowest BCUT2D eigenvalue weighted by Gasteiger charge is -2.16. The normalized spacial score (nSPS) is 12.3. The second-order valence-electron chi connectivity index (χ2n) is 4.56. The van der Waals surface area contributed by atoms with Crippen molar-refractivity contribution in [3.05, 3.63) is 64.4 Å². The summed E-state index contributed by atoms with van der Waals surface area (Å²) in [6.07, 6.45) is 0.884. The molecular formula is C16H17BrFNS. The quantitative estimate of drug-likeness (QED) is 0.766. The summed E-state index contributed by atoms with van der Waals surface area (Å²) in [5, 5.41) is 3.32. The van der Waals surface area contributed by atoms with Crippen molar-refractivity contribution in [2.45, 2.75) is 17.4 Å². The van der Waals surface area contributed by atoms with Gasteiger partial charge < -0.3 is 5.32 Å². The summed E-state index contributed by atoms with van der Waals surface area (Å²) in [4.78, 5) is 1.27. The Labute approximate surface area is 132 Å². The van der Waals surface area contributed by atoms with E-state index >= 15 is 0 Å². The van der Waals surface area contributed by atoms with Gasteiger partial charge in [0.2, 0.25) is 0 Å². The molecule has 0 fully saturated rings. The van der Waals surface area contributed by atoms with Crippen molar-refractivity contribution >= 4 is 27.7 Å². The average Bonchev–Trinajstić information content (AvgIpc) is 2.48. The number of thioether (sulfide) groups is 1. The summed E-state index contributed by atoms with van der Waals surface area (Å²) in [6.45, 7) is 0. The average molecular weight is 354 g/mol. The zero-order valence-corrected chi connectivity index (χ0v) is 13.7. The maximum Gasteiger partial charge on any atom is 0.137 e. The fraction of sp³-hybridized carbons (Fsp3) is 0.250. The topological polar surface area (TPSA) is 12.0 Å². The van der Waals surface area contributed by atoms with Gasteiger partial charge in [0.15, 0.2) is 0 Å². The molecule has 1 unspecified atom stereocenters. The molecule has 0 aliphatic carbocycles. The fourth-order valence-electron chi connectivity index (χ4n) is 1.91. The van der Waals surface area contributed by atoms with Gasteiger partial charge in [-0.3, -0.25) is 0 Å². The van der Waals surface area contributed by atoms with Crippen LogP contribution in [0.1, 0.15) is 5.56 Å². The number of rotatable bonds is 6. The van der Waals surface area contributed by atoms with E-state index < -0.39 is 0 Å². The molecule has 1 atom stereocenters. The molecule has 1 N–H and O–H groups in total. The van der Waals surface area contributed by atoms with Gasteiger partial charge in [-0.05, 0) is 59.2 Å². The summed E-state index contributed by atoms with van der Waals surface area (Å²) in [7, 11) is 1.97. The highest BCUT2D eigenvalue weighted by Crippen LogP contribution is 2.21. The smallest absolute Gasteiger partial charge is 0.137 e. The Bertz CT molecular complexity index is 547. The van der Waals surface area contributed by atoms with Crippen molar-refractivity contribution in [3.63, 3.8) is 0 Å². The van der Waals surface area contributed by atoms with E-state index in [0.717, 1.165) is 17.7 Å². The molecule has 0 saturated heterocycles. The molecule has 0 saturated carbocycles. The molecule has 0 aliphatic rings. The van der Waals surface area contributed by atoms with Crippen LogP contribution in [0.15, 0.2) is 57.9 Å². The van der Waals surface area contributed by atoms with Gasteiger partial charge in [0.25, 0.3) is 0 Å². The minimum atomic E-state index is -0.214. The number of hydrogen-bond acceptors (Lipinski definition) is 2. The van der Waals surface area contributed by atoms with Crippen LogP contribution < -0.4 is 5.32 Å². The van der Waals surface area contributed by atoms with Gasteiger partial charge >= 0.3 is 0 Å². The van der Waals surface area contributed by atoms with E-state index in [4.69, 9.17) is 0 Å². The molecular weight excluding hydrogens is 337 g/mol. The molecule has 0 radical (unpaired) electrons. The molecule has 0 bridgehead atoms. The fourth-order valence-corrected chi connectivity index (χ4v) is 3.36. The van der Waals surface area contributed by atoms with Crippen LogP contribution in [0.2, 0.25) is 0 Å². The lowest BCUT2D eigenvalue weighted by atomic mass is 10.1. The number of likely N-dealkylation sites (N-methyl/N-ethyl adjacent to an activating group) is 1. The summed E-state index contributed by atoms with van der Waals surface area (Å²) >= 11 is 5.06. The molecule has 2 aromatic rings. The van der Waals surface area contributed by atoms with Crippen molar-refractivity contribution in [3.8, 4) is 0 Å². The lowest BCUT2D eigenvalue weighted by molar-refractivity contribution is 0.606. The number of benzene rings is 2. The zero-order valence-electron chi connectivity index (χ0n) is 11.3. The monoisotopic (exact) mass is 353 g/mol. The van der Waals surface area contributed by atoms with E-state index in [-0.39, 0.29) is 5.82 Å². The highest BCUT2D eigenvalue weighted by Gasteiger charge is 2.09. The Morgan fingerprint density at radius 2 is 1.95 bits per heavy atom. The van der Waals surface area contributed by atoms with Gasteiger partial charge in [0, 0.05) is 16.7 Å². The summed E-state index contributed by atoms with van der Waals surface area (Å²) in [5.74, 6) is 0.767. The number of nitrogens with one attached hydrogen (secondary N) is 1. The molecule has 0 aromatic heterocycles. The van der Waals surface area contributed by atoms with Crippen LogP contribution in [0.5, 0.6) is 0 Å². The lowest BCUT2D eigenvalue weighted by Crippen LogP contribution is -2.30. The van der Waals surface area contributed by atoms with Crippen LogP contribution in [0.25, 0.3) is 0 Å². The second-order valence-corrected chi connectivity index (χ2v) is 6.51. The molecule has 0 spiro atoms. The van der Waals surface area contributed by atoms with Crippen molar-refractivity contribution in [2.75, 3.05) is 12.8 Å². The minimum Gasteiger partial charge on any atom is -0.316 e. The van der Waals surface area contributed by atoms with E-state index in [0.29, 0.717) is 10.5 Å². The Balaban J connectivity index is 1.93. The van der Waals surface area contributed by atoms with Gasteiger partial charge in [-0.1, -0.05) is 24.3 Å². The van der Waals surface area contributed by atoms with Crippen molar-refractivity contribution < 1.29 is 4.39 Å². The van der Waals surface area contributed by atoms with Crippen LogP contribution in [0.4, 0.5) is 4.39 Å². The minimum absolute atomic E-state index is 0.214. The van der Waals surface area contributed by atoms with Crippen LogP contribution >= 0.6 is 27.7 Å². The van der Waals surface area contributed by atoms with E-state index in [1.807, 2.05) is 49.1 Å². The van der Waals surface area contributed by atoms with Crippen molar-refractivity contribution in [2.24, 2.45) is 0 Å². The third-order valence-corrected chi connectivity index (χ3v) is 4.85. The third kappa shape index (κ3) is 4.62. The summed E-state index contributed by atoms with van der Waals surface area (Å²) in [5.41, 5.74) is 1.13. The molecule has 0 amide bonds. The SMILES string of the molecule is CNC(CSc1ccccc1)Cc1ccc(F)c(Br)c1. The predicted octanol–water partition coefficient (Wildman–Crippen LogP) is 4.51. The standard InChI is InChI=1S/C16H17BrFNS/c1-19-13(11-20-14-5-3-2-4-6-14)9-12-7-8-16(18)15(17)10-12/h2-8,10,13,19H,9,11H2,1H3. The summed E-state index contributed by atoms with van der Waals surface area (Å²) < 4.78 is 13.7. The van der Waals surface area contributed by atoms with Crippen molar-refractivity contribution in [1.29, 1.82) is 0 Å². The van der Waals surface area contributed by atoms with E-state index in [1.165, 1.54) is 11.0 Å². The molecule has 4 heteroatoms. The second kappa shape index (κ2) is 7.81. The van der Waals surface area contributed by atoms with Gasteiger partial charge in [-0.15, -0.1) is 11.8 Å².